The van der Waals surface area contributed by atoms with Crippen LogP contribution in [0.4, 0.5) is 0 Å². The van der Waals surface area contributed by atoms with Crippen LogP contribution in [0.15, 0.2) is 112 Å². The van der Waals surface area contributed by atoms with Gasteiger partial charge in [0, 0.05) is 24.5 Å². The van der Waals surface area contributed by atoms with Crippen LogP contribution in [0.1, 0.15) is 47.5 Å². The van der Waals surface area contributed by atoms with E-state index in [-0.39, 0.29) is 17.6 Å². The van der Waals surface area contributed by atoms with Crippen molar-refractivity contribution < 1.29 is 9.53 Å². The molecule has 0 N–H and O–H groups in total. The van der Waals surface area contributed by atoms with Gasteiger partial charge in [-0.15, -0.1) is 5.10 Å². The number of aryl methyl sites for hydroxylation is 1. The molecule has 1 amide bonds. The van der Waals surface area contributed by atoms with Crippen molar-refractivity contribution in [2.45, 2.75) is 26.3 Å². The SMILES string of the molecule is COc1ccc(C2CC(c3ccc(-n4nc(C)n(N=C5c6ccccc6-c6ccccc65)c4=O)cc3)=NN2C(C)=O)cc1. The van der Waals surface area contributed by atoms with E-state index in [2.05, 4.69) is 22.3 Å². The van der Waals surface area contributed by atoms with Gasteiger partial charge in [-0.2, -0.15) is 19.6 Å². The molecule has 2 aliphatic rings. The van der Waals surface area contributed by atoms with E-state index in [1.165, 1.54) is 21.3 Å². The maximum atomic E-state index is 13.6. The predicted molar refractivity (Wildman–Crippen MR) is 165 cm³/mol. The van der Waals surface area contributed by atoms with Crippen LogP contribution in [0.3, 0.4) is 0 Å². The third-order valence-corrected chi connectivity index (χ3v) is 7.95. The van der Waals surface area contributed by atoms with Crippen LogP contribution in [-0.4, -0.2) is 43.9 Å². The van der Waals surface area contributed by atoms with Crippen molar-refractivity contribution in [3.05, 3.63) is 136 Å². The molecule has 1 aliphatic heterocycles. The minimum atomic E-state index is -0.361. The van der Waals surface area contributed by atoms with Gasteiger partial charge < -0.3 is 4.74 Å². The highest BCUT2D eigenvalue weighted by atomic mass is 16.5. The van der Waals surface area contributed by atoms with Gasteiger partial charge in [0.15, 0.2) is 5.82 Å². The Kier molecular flexibility index (Phi) is 6.35. The summed E-state index contributed by atoms with van der Waals surface area (Å²) in [6.45, 7) is 3.29. The lowest BCUT2D eigenvalue weighted by molar-refractivity contribution is -0.130. The van der Waals surface area contributed by atoms with E-state index in [1.807, 2.05) is 84.9 Å². The molecule has 4 aromatic carbocycles. The van der Waals surface area contributed by atoms with Gasteiger partial charge in [0.25, 0.3) is 0 Å². The first-order valence-corrected chi connectivity index (χ1v) is 14.0. The van der Waals surface area contributed by atoms with Gasteiger partial charge in [-0.3, -0.25) is 4.79 Å². The number of hydrogen-bond acceptors (Lipinski definition) is 6. The molecule has 9 heteroatoms. The van der Waals surface area contributed by atoms with Crippen molar-refractivity contribution in [2.24, 2.45) is 10.2 Å². The van der Waals surface area contributed by atoms with Crippen molar-refractivity contribution in [1.82, 2.24) is 19.5 Å². The Morgan fingerprint density at radius 3 is 2.05 bits per heavy atom. The smallest absolute Gasteiger partial charge is 0.371 e. The van der Waals surface area contributed by atoms with E-state index in [4.69, 9.17) is 9.84 Å². The lowest BCUT2D eigenvalue weighted by Gasteiger charge is -2.20. The first-order valence-electron chi connectivity index (χ1n) is 14.0. The summed E-state index contributed by atoms with van der Waals surface area (Å²) in [7, 11) is 1.62. The number of hydrogen-bond donors (Lipinski definition) is 0. The first-order chi connectivity index (χ1) is 20.9. The number of ether oxygens (including phenoxy) is 1. The molecule has 2 heterocycles. The van der Waals surface area contributed by atoms with Crippen LogP contribution in [0.2, 0.25) is 0 Å². The van der Waals surface area contributed by atoms with Crippen molar-refractivity contribution in [2.75, 3.05) is 7.11 Å². The summed E-state index contributed by atoms with van der Waals surface area (Å²) in [4.78, 5) is 26.0. The molecule has 0 fully saturated rings. The van der Waals surface area contributed by atoms with E-state index < -0.39 is 0 Å². The van der Waals surface area contributed by atoms with Gasteiger partial charge in [-0.05, 0) is 53.4 Å². The lowest BCUT2D eigenvalue weighted by Crippen LogP contribution is -2.24. The molecule has 5 aromatic rings. The number of carbonyl (C=O) groups is 1. The van der Waals surface area contributed by atoms with Crippen molar-refractivity contribution in [3.63, 3.8) is 0 Å². The zero-order valence-electron chi connectivity index (χ0n) is 23.9. The molecule has 7 rings (SSSR count). The molecule has 1 aliphatic carbocycles. The van der Waals surface area contributed by atoms with Crippen LogP contribution < -0.4 is 10.4 Å². The van der Waals surface area contributed by atoms with Crippen molar-refractivity contribution in [3.8, 4) is 22.6 Å². The quantitative estimate of drug-likeness (QED) is 0.281. The highest BCUT2D eigenvalue weighted by Crippen LogP contribution is 2.37. The Hall–Kier alpha value is -5.57. The Labute approximate surface area is 248 Å². The monoisotopic (exact) mass is 568 g/mol. The number of rotatable bonds is 5. The molecule has 9 nitrogen and oxygen atoms in total. The summed E-state index contributed by atoms with van der Waals surface area (Å²) in [5.74, 6) is 1.10. The molecule has 43 heavy (non-hydrogen) atoms. The maximum Gasteiger partial charge on any atom is 0.371 e. The third kappa shape index (κ3) is 4.46. The van der Waals surface area contributed by atoms with Crippen LogP contribution in [0.5, 0.6) is 5.75 Å². The zero-order valence-corrected chi connectivity index (χ0v) is 23.9. The summed E-state index contributed by atoms with van der Waals surface area (Å²) in [5, 5.41) is 15.5. The minimum absolute atomic E-state index is 0.130. The Morgan fingerprint density at radius 1 is 0.860 bits per heavy atom. The average molecular weight is 569 g/mol. The molecule has 1 unspecified atom stereocenters. The molecular weight excluding hydrogens is 540 g/mol. The highest BCUT2D eigenvalue weighted by Gasteiger charge is 2.31. The predicted octanol–water partition coefficient (Wildman–Crippen LogP) is 5.33. The lowest BCUT2D eigenvalue weighted by atomic mass is 9.98. The minimum Gasteiger partial charge on any atom is -0.497 e. The van der Waals surface area contributed by atoms with Crippen LogP contribution in [0.25, 0.3) is 16.8 Å². The van der Waals surface area contributed by atoms with E-state index in [1.54, 1.807) is 14.0 Å². The summed E-state index contributed by atoms with van der Waals surface area (Å²) in [6, 6.07) is 31.1. The zero-order chi connectivity index (χ0) is 29.7. The van der Waals surface area contributed by atoms with Gasteiger partial charge in [-0.1, -0.05) is 72.8 Å². The molecular formula is C34H28N6O3. The summed E-state index contributed by atoms with van der Waals surface area (Å²) < 4.78 is 7.99. The van der Waals surface area contributed by atoms with Crippen molar-refractivity contribution >= 4 is 17.3 Å². The number of fused-ring (bicyclic) bond motifs is 3. The highest BCUT2D eigenvalue weighted by molar-refractivity contribution is 6.24. The van der Waals surface area contributed by atoms with Crippen LogP contribution in [-0.2, 0) is 4.79 Å². The number of carbonyl (C=O) groups excluding carboxylic acids is 1. The normalized spacial score (nSPS) is 15.2. The molecule has 0 spiro atoms. The standard InChI is InChI=1S/C34H28N6O3/c1-21-35-40(34(42)38(21)37-33-29-10-6-4-8-27(29)28-9-5-7-11-30(28)33)25-16-12-23(13-17-25)31-20-32(39(36-31)22(2)41)24-14-18-26(43-3)19-15-24/h4-19,32H,20H2,1-3H3. The second kappa shape index (κ2) is 10.4. The molecule has 0 radical (unpaired) electrons. The number of nitrogens with zero attached hydrogens (tertiary/aromatic N) is 6. The Bertz CT molecular complexity index is 1950. The van der Waals surface area contributed by atoms with E-state index in [9.17, 15) is 9.59 Å². The fraction of sp³-hybridized carbons (Fsp3) is 0.147. The molecule has 212 valence electrons. The topological polar surface area (TPSA) is 94.1 Å². The molecule has 1 atom stereocenters. The number of methoxy groups -OCH3 is 1. The van der Waals surface area contributed by atoms with Gasteiger partial charge in [0.05, 0.1) is 30.3 Å². The second-order valence-electron chi connectivity index (χ2n) is 10.5. The number of benzene rings is 4. The largest absolute Gasteiger partial charge is 0.497 e. The fourth-order valence-electron chi connectivity index (χ4n) is 5.80. The first kappa shape index (κ1) is 26.3. The van der Waals surface area contributed by atoms with Gasteiger partial charge in [-0.25, -0.2) is 9.80 Å². The van der Waals surface area contributed by atoms with E-state index >= 15 is 0 Å². The fourth-order valence-corrected chi connectivity index (χ4v) is 5.80. The number of hydrazone groups is 1. The van der Waals surface area contributed by atoms with Crippen molar-refractivity contribution in [1.29, 1.82) is 0 Å². The molecule has 0 bridgehead atoms. The summed E-state index contributed by atoms with van der Waals surface area (Å²) >= 11 is 0. The van der Waals surface area contributed by atoms with Gasteiger partial charge >= 0.3 is 5.69 Å². The number of aromatic nitrogens is 3. The van der Waals surface area contributed by atoms with Gasteiger partial charge in [0.2, 0.25) is 5.91 Å². The maximum absolute atomic E-state index is 13.6. The summed E-state index contributed by atoms with van der Waals surface area (Å²) in [5.41, 5.74) is 7.79. The summed E-state index contributed by atoms with van der Waals surface area (Å²) in [6.07, 6.45) is 0.569. The van der Waals surface area contributed by atoms with Crippen LogP contribution >= 0.6 is 0 Å². The van der Waals surface area contributed by atoms with Gasteiger partial charge in [0.1, 0.15) is 5.75 Å². The molecule has 0 saturated carbocycles. The average Bonchev–Trinajstić information content (AvgIpc) is 3.71. The second-order valence-corrected chi connectivity index (χ2v) is 10.5. The Morgan fingerprint density at radius 2 is 1.47 bits per heavy atom. The Balaban J connectivity index is 1.19. The van der Waals surface area contributed by atoms with E-state index in [0.717, 1.165) is 50.6 Å². The van der Waals surface area contributed by atoms with E-state index in [0.29, 0.717) is 17.9 Å². The number of amides is 1. The van der Waals surface area contributed by atoms with Crippen LogP contribution in [0, 0.1) is 6.92 Å². The molecule has 1 aromatic heterocycles. The molecule has 0 saturated heterocycles. The third-order valence-electron chi connectivity index (χ3n) is 7.95.